The third-order valence-electron chi connectivity index (χ3n) is 2.30. The van der Waals surface area contributed by atoms with Crippen LogP contribution in [0.15, 0.2) is 24.3 Å². The lowest BCUT2D eigenvalue weighted by Gasteiger charge is -2.09. The van der Waals surface area contributed by atoms with Crippen LogP contribution in [0, 0.1) is 6.92 Å². The van der Waals surface area contributed by atoms with Crippen LogP contribution in [-0.2, 0) is 9.53 Å². The summed E-state index contributed by atoms with van der Waals surface area (Å²) in [6, 6.07) is 7.63. The molecule has 94 valence electrons. The van der Waals surface area contributed by atoms with Gasteiger partial charge in [0.05, 0.1) is 0 Å². The molecule has 0 aromatic heterocycles. The summed E-state index contributed by atoms with van der Waals surface area (Å²) >= 11 is 0. The van der Waals surface area contributed by atoms with E-state index in [1.807, 2.05) is 31.2 Å². The van der Waals surface area contributed by atoms with Crippen LogP contribution in [-0.4, -0.2) is 32.8 Å². The number of hydrogen-bond acceptors (Lipinski definition) is 3. The third-order valence-corrected chi connectivity index (χ3v) is 2.30. The first-order valence-electron chi connectivity index (χ1n) is 5.68. The van der Waals surface area contributed by atoms with Crippen molar-refractivity contribution in [3.63, 3.8) is 0 Å². The molecule has 1 aromatic rings. The van der Waals surface area contributed by atoms with Gasteiger partial charge in [-0.05, 0) is 25.0 Å². The second-order valence-corrected chi connectivity index (χ2v) is 3.75. The molecular weight excluding hydrogens is 218 g/mol. The van der Waals surface area contributed by atoms with E-state index in [0.29, 0.717) is 13.2 Å². The molecule has 0 bridgehead atoms. The Morgan fingerprint density at radius 3 is 2.82 bits per heavy atom. The minimum Gasteiger partial charge on any atom is -0.484 e. The highest BCUT2D eigenvalue weighted by Gasteiger charge is 2.03. The molecule has 0 saturated heterocycles. The molecule has 17 heavy (non-hydrogen) atoms. The molecule has 4 nitrogen and oxygen atoms in total. The fourth-order valence-electron chi connectivity index (χ4n) is 1.36. The molecule has 1 N–H and O–H groups in total. The summed E-state index contributed by atoms with van der Waals surface area (Å²) in [4.78, 5) is 11.4. The van der Waals surface area contributed by atoms with Crippen molar-refractivity contribution >= 4 is 5.91 Å². The Bertz CT molecular complexity index is 352. The number of rotatable bonds is 7. The van der Waals surface area contributed by atoms with Crippen LogP contribution in [0.25, 0.3) is 0 Å². The first-order chi connectivity index (χ1) is 8.24. The van der Waals surface area contributed by atoms with Crippen molar-refractivity contribution in [1.82, 2.24) is 5.32 Å². The largest absolute Gasteiger partial charge is 0.484 e. The van der Waals surface area contributed by atoms with Crippen molar-refractivity contribution in [3.8, 4) is 5.75 Å². The molecule has 4 heteroatoms. The highest BCUT2D eigenvalue weighted by atomic mass is 16.5. The summed E-state index contributed by atoms with van der Waals surface area (Å²) in [5, 5.41) is 2.76. The van der Waals surface area contributed by atoms with Gasteiger partial charge in [0, 0.05) is 20.3 Å². The summed E-state index contributed by atoms with van der Waals surface area (Å²) in [6.45, 7) is 3.27. The SMILES string of the molecule is COCCCNC(=O)COc1ccccc1C. The Labute approximate surface area is 102 Å². The lowest BCUT2D eigenvalue weighted by atomic mass is 10.2. The Morgan fingerprint density at radius 2 is 2.12 bits per heavy atom. The van der Waals surface area contributed by atoms with Gasteiger partial charge in [-0.3, -0.25) is 4.79 Å². The van der Waals surface area contributed by atoms with Gasteiger partial charge in [-0.15, -0.1) is 0 Å². The summed E-state index contributed by atoms with van der Waals surface area (Å²) in [5.41, 5.74) is 1.03. The van der Waals surface area contributed by atoms with E-state index < -0.39 is 0 Å². The minimum absolute atomic E-state index is 0.0534. The fourth-order valence-corrected chi connectivity index (χ4v) is 1.36. The van der Waals surface area contributed by atoms with Crippen LogP contribution in [0.4, 0.5) is 0 Å². The monoisotopic (exact) mass is 237 g/mol. The van der Waals surface area contributed by atoms with Crippen molar-refractivity contribution in [2.45, 2.75) is 13.3 Å². The quantitative estimate of drug-likeness (QED) is 0.731. The van der Waals surface area contributed by atoms with Crippen LogP contribution in [0.1, 0.15) is 12.0 Å². The standard InChI is InChI=1S/C13H19NO3/c1-11-6-3-4-7-12(11)17-10-13(15)14-8-5-9-16-2/h3-4,6-7H,5,8-10H2,1-2H3,(H,14,15). The molecule has 0 aliphatic carbocycles. The smallest absolute Gasteiger partial charge is 0.257 e. The number of carbonyl (C=O) groups is 1. The van der Waals surface area contributed by atoms with Gasteiger partial charge in [0.25, 0.3) is 5.91 Å². The maximum Gasteiger partial charge on any atom is 0.257 e. The molecule has 0 atom stereocenters. The number of benzene rings is 1. The van der Waals surface area contributed by atoms with Crippen LogP contribution in [0.5, 0.6) is 5.75 Å². The van der Waals surface area contributed by atoms with Gasteiger partial charge in [-0.1, -0.05) is 18.2 Å². The van der Waals surface area contributed by atoms with E-state index in [1.54, 1.807) is 7.11 Å². The van der Waals surface area contributed by atoms with Gasteiger partial charge in [0.15, 0.2) is 6.61 Å². The van der Waals surface area contributed by atoms with Crippen molar-refractivity contribution in [3.05, 3.63) is 29.8 Å². The molecule has 0 aliphatic heterocycles. The fraction of sp³-hybridized carbons (Fsp3) is 0.462. The van der Waals surface area contributed by atoms with Crippen LogP contribution in [0.3, 0.4) is 0 Å². The van der Waals surface area contributed by atoms with Gasteiger partial charge in [0.1, 0.15) is 5.75 Å². The second kappa shape index (κ2) is 7.68. The average Bonchev–Trinajstić information content (AvgIpc) is 2.34. The average molecular weight is 237 g/mol. The van der Waals surface area contributed by atoms with Crippen molar-refractivity contribution in [1.29, 1.82) is 0 Å². The number of amides is 1. The number of hydrogen-bond donors (Lipinski definition) is 1. The molecule has 0 radical (unpaired) electrons. The van der Waals surface area contributed by atoms with Crippen molar-refractivity contribution < 1.29 is 14.3 Å². The first kappa shape index (κ1) is 13.5. The Morgan fingerprint density at radius 1 is 1.35 bits per heavy atom. The van der Waals surface area contributed by atoms with E-state index in [4.69, 9.17) is 9.47 Å². The zero-order valence-electron chi connectivity index (χ0n) is 10.4. The summed E-state index contributed by atoms with van der Waals surface area (Å²) in [6.07, 6.45) is 0.812. The summed E-state index contributed by atoms with van der Waals surface area (Å²) in [5.74, 6) is 0.642. The van der Waals surface area contributed by atoms with E-state index in [-0.39, 0.29) is 12.5 Å². The van der Waals surface area contributed by atoms with Crippen LogP contribution < -0.4 is 10.1 Å². The lowest BCUT2D eigenvalue weighted by molar-refractivity contribution is -0.123. The van der Waals surface area contributed by atoms with Crippen LogP contribution in [0.2, 0.25) is 0 Å². The molecule has 0 unspecified atom stereocenters. The highest BCUT2D eigenvalue weighted by molar-refractivity contribution is 5.77. The van der Waals surface area contributed by atoms with Gasteiger partial charge >= 0.3 is 0 Å². The maximum atomic E-state index is 11.4. The number of methoxy groups -OCH3 is 1. The number of carbonyl (C=O) groups excluding carboxylic acids is 1. The number of nitrogens with one attached hydrogen (secondary N) is 1. The molecule has 0 aliphatic rings. The second-order valence-electron chi connectivity index (χ2n) is 3.75. The zero-order chi connectivity index (χ0) is 12.5. The van der Waals surface area contributed by atoms with E-state index in [9.17, 15) is 4.79 Å². The molecule has 1 amide bonds. The molecule has 1 aromatic carbocycles. The van der Waals surface area contributed by atoms with E-state index in [0.717, 1.165) is 17.7 Å². The lowest BCUT2D eigenvalue weighted by Crippen LogP contribution is -2.30. The maximum absolute atomic E-state index is 11.4. The number of para-hydroxylation sites is 1. The number of aryl methyl sites for hydroxylation is 1. The summed E-state index contributed by atoms with van der Waals surface area (Å²) in [7, 11) is 1.64. The van der Waals surface area contributed by atoms with Gasteiger partial charge in [-0.25, -0.2) is 0 Å². The van der Waals surface area contributed by atoms with Gasteiger partial charge in [0.2, 0.25) is 0 Å². The van der Waals surface area contributed by atoms with E-state index >= 15 is 0 Å². The molecule has 1 rings (SSSR count). The predicted molar refractivity (Wildman–Crippen MR) is 66.2 cm³/mol. The molecule has 0 spiro atoms. The summed E-state index contributed by atoms with van der Waals surface area (Å²) < 4.78 is 10.3. The predicted octanol–water partition coefficient (Wildman–Crippen LogP) is 1.53. The number of ether oxygens (including phenoxy) is 2. The van der Waals surface area contributed by atoms with Crippen molar-refractivity contribution in [2.75, 3.05) is 26.9 Å². The first-order valence-corrected chi connectivity index (χ1v) is 5.68. The molecule has 0 heterocycles. The Hall–Kier alpha value is -1.55. The van der Waals surface area contributed by atoms with Gasteiger partial charge < -0.3 is 14.8 Å². The topological polar surface area (TPSA) is 47.6 Å². The Kier molecular flexibility index (Phi) is 6.10. The minimum atomic E-state index is -0.107. The zero-order valence-corrected chi connectivity index (χ0v) is 10.4. The normalized spacial score (nSPS) is 10.0. The molecule has 0 saturated carbocycles. The van der Waals surface area contributed by atoms with Gasteiger partial charge in [-0.2, -0.15) is 0 Å². The third kappa shape index (κ3) is 5.36. The van der Waals surface area contributed by atoms with Crippen molar-refractivity contribution in [2.24, 2.45) is 0 Å². The Balaban J connectivity index is 2.22. The van der Waals surface area contributed by atoms with Crippen LogP contribution >= 0.6 is 0 Å². The highest BCUT2D eigenvalue weighted by Crippen LogP contribution is 2.15. The van der Waals surface area contributed by atoms with E-state index in [2.05, 4.69) is 5.32 Å². The van der Waals surface area contributed by atoms with E-state index in [1.165, 1.54) is 0 Å². The molecular formula is C13H19NO3. The molecule has 0 fully saturated rings.